The number of hydrogen-bond acceptors (Lipinski definition) is 3. The van der Waals surface area contributed by atoms with Gasteiger partial charge in [0.1, 0.15) is 5.75 Å². The highest BCUT2D eigenvalue weighted by Gasteiger charge is 2.41. The van der Waals surface area contributed by atoms with Gasteiger partial charge in [0.25, 0.3) is 0 Å². The predicted molar refractivity (Wildman–Crippen MR) is 79.7 cm³/mol. The number of aliphatic hydroxyl groups is 1. The Morgan fingerprint density at radius 3 is 3.10 bits per heavy atom. The maximum atomic E-state index is 10.9. The summed E-state index contributed by atoms with van der Waals surface area (Å²) in [5.74, 6) is 1.62. The molecule has 1 fully saturated rings. The molecule has 20 heavy (non-hydrogen) atoms. The minimum Gasteiger partial charge on any atom is -0.493 e. The van der Waals surface area contributed by atoms with Crippen LogP contribution in [0.4, 0.5) is 0 Å². The third kappa shape index (κ3) is 2.33. The van der Waals surface area contributed by atoms with Gasteiger partial charge in [0.2, 0.25) is 0 Å². The molecule has 110 valence electrons. The average Bonchev–Trinajstić information content (AvgIpc) is 2.93. The fourth-order valence-electron chi connectivity index (χ4n) is 3.98. The summed E-state index contributed by atoms with van der Waals surface area (Å²) in [5.41, 5.74) is 8.15. The highest BCUT2D eigenvalue weighted by Crippen LogP contribution is 2.47. The van der Waals surface area contributed by atoms with Gasteiger partial charge in [0.05, 0.1) is 12.7 Å². The molecular weight excluding hydrogens is 250 g/mol. The van der Waals surface area contributed by atoms with Gasteiger partial charge in [-0.1, -0.05) is 25.8 Å². The van der Waals surface area contributed by atoms with E-state index >= 15 is 0 Å². The van der Waals surface area contributed by atoms with Gasteiger partial charge in [0, 0.05) is 18.4 Å². The van der Waals surface area contributed by atoms with Gasteiger partial charge in [-0.2, -0.15) is 0 Å². The standard InChI is InChI=1S/C17H25NO2/c1-12-3-2-7-17(10-12,11-18)16(19)14-4-5-15-13(9-14)6-8-20-15/h4-5,9,12,16,19H,2-3,6-8,10-11,18H2,1H3. The summed E-state index contributed by atoms with van der Waals surface area (Å²) in [7, 11) is 0. The van der Waals surface area contributed by atoms with Crippen molar-refractivity contribution in [1.29, 1.82) is 0 Å². The molecule has 0 saturated heterocycles. The molecule has 3 nitrogen and oxygen atoms in total. The summed E-state index contributed by atoms with van der Waals surface area (Å²) in [6, 6.07) is 6.12. The molecule has 1 aromatic carbocycles. The Bertz CT molecular complexity index is 488. The molecule has 2 aliphatic rings. The zero-order valence-corrected chi connectivity index (χ0v) is 12.3. The fourth-order valence-corrected chi connectivity index (χ4v) is 3.98. The third-order valence-electron chi connectivity index (χ3n) is 5.14. The van der Waals surface area contributed by atoms with Crippen LogP contribution in [0.5, 0.6) is 5.75 Å². The van der Waals surface area contributed by atoms with Gasteiger partial charge in [-0.3, -0.25) is 0 Å². The van der Waals surface area contributed by atoms with E-state index in [4.69, 9.17) is 10.5 Å². The molecule has 1 heterocycles. The molecule has 3 atom stereocenters. The van der Waals surface area contributed by atoms with E-state index < -0.39 is 6.10 Å². The average molecular weight is 275 g/mol. The maximum Gasteiger partial charge on any atom is 0.122 e. The highest BCUT2D eigenvalue weighted by atomic mass is 16.5. The van der Waals surface area contributed by atoms with E-state index in [1.54, 1.807) is 0 Å². The number of fused-ring (bicyclic) bond motifs is 1. The smallest absolute Gasteiger partial charge is 0.122 e. The lowest BCUT2D eigenvalue weighted by Gasteiger charge is -2.43. The maximum absolute atomic E-state index is 10.9. The Hall–Kier alpha value is -1.06. The van der Waals surface area contributed by atoms with E-state index in [-0.39, 0.29) is 5.41 Å². The quantitative estimate of drug-likeness (QED) is 0.892. The SMILES string of the molecule is CC1CCCC(CN)(C(O)c2ccc3c(c2)CCO3)C1. The van der Waals surface area contributed by atoms with Gasteiger partial charge in [0.15, 0.2) is 0 Å². The summed E-state index contributed by atoms with van der Waals surface area (Å²) in [6.07, 6.45) is 4.97. The minimum atomic E-state index is -0.457. The molecule has 1 aliphatic carbocycles. The number of rotatable bonds is 3. The number of benzene rings is 1. The van der Waals surface area contributed by atoms with E-state index in [0.717, 1.165) is 37.2 Å². The normalized spacial score (nSPS) is 30.6. The van der Waals surface area contributed by atoms with Crippen molar-refractivity contribution in [3.63, 3.8) is 0 Å². The molecular formula is C17H25NO2. The van der Waals surface area contributed by atoms with Crippen LogP contribution < -0.4 is 10.5 Å². The van der Waals surface area contributed by atoms with Gasteiger partial charge in [-0.25, -0.2) is 0 Å². The Morgan fingerprint density at radius 1 is 1.50 bits per heavy atom. The third-order valence-corrected chi connectivity index (χ3v) is 5.14. The van der Waals surface area contributed by atoms with Crippen LogP contribution in [-0.2, 0) is 6.42 Å². The van der Waals surface area contributed by atoms with Crippen LogP contribution in [-0.4, -0.2) is 18.3 Å². The first-order valence-electron chi connectivity index (χ1n) is 7.78. The summed E-state index contributed by atoms with van der Waals surface area (Å²) < 4.78 is 5.54. The Kier molecular flexibility index (Phi) is 3.74. The molecule has 3 rings (SSSR count). The monoisotopic (exact) mass is 275 g/mol. The molecule has 0 aromatic heterocycles. The molecule has 3 heteroatoms. The molecule has 1 saturated carbocycles. The zero-order valence-electron chi connectivity index (χ0n) is 12.3. The topological polar surface area (TPSA) is 55.5 Å². The van der Waals surface area contributed by atoms with Crippen LogP contribution in [0.25, 0.3) is 0 Å². The molecule has 0 radical (unpaired) electrons. The molecule has 0 spiro atoms. The zero-order chi connectivity index (χ0) is 14.2. The van der Waals surface area contributed by atoms with E-state index in [9.17, 15) is 5.11 Å². The van der Waals surface area contributed by atoms with Gasteiger partial charge < -0.3 is 15.6 Å². The van der Waals surface area contributed by atoms with Crippen LogP contribution in [0.15, 0.2) is 18.2 Å². The van der Waals surface area contributed by atoms with Crippen LogP contribution in [0.1, 0.15) is 49.8 Å². The van der Waals surface area contributed by atoms with Crippen molar-refractivity contribution < 1.29 is 9.84 Å². The van der Waals surface area contributed by atoms with Crippen molar-refractivity contribution in [3.05, 3.63) is 29.3 Å². The van der Waals surface area contributed by atoms with Crippen molar-refractivity contribution in [2.24, 2.45) is 17.1 Å². The first-order valence-corrected chi connectivity index (χ1v) is 7.78. The number of hydrogen-bond donors (Lipinski definition) is 2. The summed E-state index contributed by atoms with van der Waals surface area (Å²) in [5, 5.41) is 10.9. The van der Waals surface area contributed by atoms with Crippen LogP contribution >= 0.6 is 0 Å². The predicted octanol–water partition coefficient (Wildman–Crippen LogP) is 2.81. The first-order chi connectivity index (χ1) is 9.64. The highest BCUT2D eigenvalue weighted by molar-refractivity contribution is 5.41. The Balaban J connectivity index is 1.88. The van der Waals surface area contributed by atoms with Crippen LogP contribution in [0.3, 0.4) is 0 Å². The summed E-state index contributed by atoms with van der Waals surface area (Å²) >= 11 is 0. The second-order valence-corrected chi connectivity index (χ2v) is 6.64. The van der Waals surface area contributed by atoms with E-state index in [1.165, 1.54) is 18.4 Å². The molecule has 3 N–H and O–H groups in total. The van der Waals surface area contributed by atoms with Crippen molar-refractivity contribution >= 4 is 0 Å². The lowest BCUT2D eigenvalue weighted by Crippen LogP contribution is -2.40. The number of aliphatic hydroxyl groups excluding tert-OH is 1. The number of nitrogens with two attached hydrogens (primary N) is 1. The second-order valence-electron chi connectivity index (χ2n) is 6.64. The Labute approximate surface area is 121 Å². The van der Waals surface area contributed by atoms with Crippen LogP contribution in [0, 0.1) is 11.3 Å². The van der Waals surface area contributed by atoms with E-state index in [2.05, 4.69) is 13.0 Å². The van der Waals surface area contributed by atoms with Gasteiger partial charge in [-0.05, 0) is 42.0 Å². The van der Waals surface area contributed by atoms with Crippen molar-refractivity contribution in [2.45, 2.75) is 45.1 Å². The minimum absolute atomic E-state index is 0.147. The van der Waals surface area contributed by atoms with Gasteiger partial charge >= 0.3 is 0 Å². The van der Waals surface area contributed by atoms with Crippen molar-refractivity contribution in [2.75, 3.05) is 13.2 Å². The molecule has 1 aromatic rings. The van der Waals surface area contributed by atoms with Crippen molar-refractivity contribution in [1.82, 2.24) is 0 Å². The number of ether oxygens (including phenoxy) is 1. The lowest BCUT2D eigenvalue weighted by molar-refractivity contribution is -0.0131. The second kappa shape index (κ2) is 5.38. The summed E-state index contributed by atoms with van der Waals surface area (Å²) in [4.78, 5) is 0. The molecule has 3 unspecified atom stereocenters. The fraction of sp³-hybridized carbons (Fsp3) is 0.647. The summed E-state index contributed by atoms with van der Waals surface area (Å²) in [6.45, 7) is 3.59. The first kappa shape index (κ1) is 13.9. The van der Waals surface area contributed by atoms with E-state index in [1.807, 2.05) is 12.1 Å². The van der Waals surface area contributed by atoms with Crippen molar-refractivity contribution in [3.8, 4) is 5.75 Å². The van der Waals surface area contributed by atoms with Gasteiger partial charge in [-0.15, -0.1) is 0 Å². The lowest BCUT2D eigenvalue weighted by atomic mass is 9.65. The molecule has 1 aliphatic heterocycles. The Morgan fingerprint density at radius 2 is 2.35 bits per heavy atom. The van der Waals surface area contributed by atoms with E-state index in [0.29, 0.717) is 12.5 Å². The molecule has 0 bridgehead atoms. The molecule has 0 amide bonds. The van der Waals surface area contributed by atoms with Crippen LogP contribution in [0.2, 0.25) is 0 Å². The largest absolute Gasteiger partial charge is 0.493 e.